The third kappa shape index (κ3) is 27.5. The fourth-order valence-corrected chi connectivity index (χ4v) is 18.3. The molecule has 0 saturated carbocycles. The molecule has 4 aromatic heterocycles. The molecule has 0 amide bonds. The molecule has 8 rings (SSSR count). The standard InChI is InChI=1S/C43H69N6O4P.C22H34N5O2P.C22H39NO3/c1-5-9-11-12-13-14-15-16-17-18-19-20-21-22-23-29-45-37-38(42(51)41(37)50)46-30-24-25-31-53-49-36(26-10-6-2)48-39-40(49)34-28-27-33(54(52,7-3)8-4)32-35(34)47-43(39)44;1-4-7-10-19-26-20-21(27(19)29-14-9-8-13-23)17-12-11-16(30(28,5-2)6-3)15-18(17)25-22(20)24;1-3-4-5-6-7-8-9-10-11-12-13-14-15-16-17-18-23-19-20(24)21(25)22(19)26-2/h27-28,32,45-46H,5-26,29-31H2,1-4H3,(H2,44,47);11-12,15H,4-10,13-14,23H2,1-3H3,(H2,24,25);23H,3-18H2,1-2H3. The number of ether oxygens (including phenoxy) is 1. The van der Waals surface area contributed by atoms with Gasteiger partial charge in [0.25, 0.3) is 21.7 Å². The van der Waals surface area contributed by atoms with Gasteiger partial charge in [-0.1, -0.05) is 260 Å². The summed E-state index contributed by atoms with van der Waals surface area (Å²) in [4.78, 5) is 78.6. The molecule has 0 aliphatic carbocycles. The van der Waals surface area contributed by atoms with E-state index < -0.39 is 36.0 Å². The molecule has 21 nitrogen and oxygen atoms in total. The van der Waals surface area contributed by atoms with Gasteiger partial charge in [0.1, 0.15) is 78.3 Å². The topological polar surface area (TPSA) is 306 Å². The predicted molar refractivity (Wildman–Crippen MR) is 468 cm³/mol. The van der Waals surface area contributed by atoms with Gasteiger partial charge in [0.2, 0.25) is 0 Å². The van der Waals surface area contributed by atoms with Crippen LogP contribution in [-0.2, 0) is 22.0 Å². The van der Waals surface area contributed by atoms with Crippen molar-refractivity contribution in [2.75, 3.05) is 98.6 Å². The molecular weight excluding hydrogens is 1420 g/mol. The zero-order chi connectivity index (χ0) is 79.5. The van der Waals surface area contributed by atoms with E-state index in [1.54, 1.807) is 0 Å². The Morgan fingerprint density at radius 1 is 0.382 bits per heavy atom. The van der Waals surface area contributed by atoms with Crippen molar-refractivity contribution in [1.82, 2.24) is 29.4 Å². The summed E-state index contributed by atoms with van der Waals surface area (Å²) in [7, 11) is -3.47. The molecule has 23 heteroatoms. The maximum Gasteiger partial charge on any atom is 0.271 e. The molecule has 0 spiro atoms. The molecule has 0 fully saturated rings. The van der Waals surface area contributed by atoms with Crippen molar-refractivity contribution >= 4 is 97.5 Å². The summed E-state index contributed by atoms with van der Waals surface area (Å²) in [5, 5.41) is 12.9. The van der Waals surface area contributed by atoms with Crippen LogP contribution in [0.5, 0.6) is 5.75 Å². The number of nitrogen functional groups attached to an aromatic ring is 2. The number of benzene rings is 2. The number of aryl methyl sites for hydroxylation is 2. The van der Waals surface area contributed by atoms with Crippen LogP contribution < -0.4 is 79.9 Å². The Labute approximate surface area is 658 Å². The number of fused-ring (bicyclic) bond motifs is 6. The van der Waals surface area contributed by atoms with Crippen molar-refractivity contribution in [2.24, 2.45) is 5.73 Å². The molecule has 614 valence electrons. The van der Waals surface area contributed by atoms with Crippen LogP contribution in [0.1, 0.15) is 311 Å². The number of nitrogens with two attached hydrogens (primary N) is 3. The van der Waals surface area contributed by atoms with E-state index >= 15 is 0 Å². The number of hydrogen-bond acceptors (Lipinski definition) is 19. The zero-order valence-electron chi connectivity index (χ0n) is 69.3. The Morgan fingerprint density at radius 3 is 1.02 bits per heavy atom. The molecule has 4 aromatic carbocycles. The van der Waals surface area contributed by atoms with E-state index in [-0.39, 0.29) is 5.75 Å². The highest BCUT2D eigenvalue weighted by Crippen LogP contribution is 2.45. The van der Waals surface area contributed by atoms with Gasteiger partial charge in [0.15, 0.2) is 17.4 Å². The van der Waals surface area contributed by atoms with Gasteiger partial charge in [-0.25, -0.2) is 19.9 Å². The van der Waals surface area contributed by atoms with Crippen molar-refractivity contribution in [1.29, 1.82) is 0 Å². The minimum absolute atomic E-state index is 0.191. The number of unbranched alkanes of at least 4 members (excludes halogenated alkanes) is 32. The molecule has 0 unspecified atom stereocenters. The lowest BCUT2D eigenvalue weighted by atomic mass is 10.0. The monoisotopic (exact) mass is 1560 g/mol. The Morgan fingerprint density at radius 2 is 0.691 bits per heavy atom. The van der Waals surface area contributed by atoms with E-state index in [2.05, 4.69) is 53.6 Å². The fraction of sp³-hybridized carbons (Fsp3) is 0.678. The largest absolute Gasteiger partial charge is 0.491 e. The highest BCUT2D eigenvalue weighted by atomic mass is 31.2. The zero-order valence-corrected chi connectivity index (χ0v) is 71.1. The van der Waals surface area contributed by atoms with Gasteiger partial charge in [-0.15, -0.1) is 0 Å². The summed E-state index contributed by atoms with van der Waals surface area (Å²) in [5.41, 5.74) is 22.1. The van der Waals surface area contributed by atoms with Crippen LogP contribution >= 0.6 is 14.3 Å². The second-order valence-electron chi connectivity index (χ2n) is 30.2. The SMILES string of the molecule is CCCCCCCCCCCCCCCCCNc1c(NCCCCOn2c(CCCC)nc3c(N)nc4cc(P(=O)(CC)CC)ccc4c32)c(=O)c1=O.CCCCCCCCCCCCCCCCCNc1c(OC)c(=O)c1=O.CCCCc1nc2c(N)nc3cc(P(=O)(CC)CC)ccc3c2n1OCCCCN. The molecule has 0 aliphatic heterocycles. The first-order valence-electron chi connectivity index (χ1n) is 43.3. The van der Waals surface area contributed by atoms with Crippen molar-refractivity contribution in [3.8, 4) is 5.75 Å². The number of rotatable bonds is 59. The maximum atomic E-state index is 13.5. The lowest BCUT2D eigenvalue weighted by molar-refractivity contribution is 0.109. The first kappa shape index (κ1) is 92.1. The molecule has 8 aromatic rings. The second-order valence-corrected chi connectivity index (χ2v) is 37.3. The summed E-state index contributed by atoms with van der Waals surface area (Å²) in [6.45, 7) is 20.4. The predicted octanol–water partition coefficient (Wildman–Crippen LogP) is 19.0. The Bertz CT molecular complexity index is 4210. The molecular formula is C87H142N12O9P2. The van der Waals surface area contributed by atoms with Crippen LogP contribution in [0, 0.1) is 0 Å². The Hall–Kier alpha value is -6.82. The number of aromatic nitrogens is 6. The van der Waals surface area contributed by atoms with Crippen LogP contribution in [0.15, 0.2) is 55.6 Å². The Balaban J connectivity index is 0.000000284. The summed E-state index contributed by atoms with van der Waals surface area (Å²) in [6, 6.07) is 11.7. The lowest BCUT2D eigenvalue weighted by Gasteiger charge is -2.16. The molecule has 0 saturated heterocycles. The van der Waals surface area contributed by atoms with Gasteiger partial charge in [-0.3, -0.25) is 19.2 Å². The lowest BCUT2D eigenvalue weighted by Crippen LogP contribution is -2.37. The van der Waals surface area contributed by atoms with E-state index in [0.717, 1.165) is 140 Å². The smallest absolute Gasteiger partial charge is 0.271 e. The number of hydrogen-bond donors (Lipinski definition) is 6. The quantitative estimate of drug-likeness (QED) is 0.0117. The summed E-state index contributed by atoms with van der Waals surface area (Å²) < 4.78 is 35.3. The van der Waals surface area contributed by atoms with Gasteiger partial charge in [-0.2, -0.15) is 9.46 Å². The van der Waals surface area contributed by atoms with E-state index in [9.17, 15) is 28.3 Å². The summed E-state index contributed by atoms with van der Waals surface area (Å²) in [5.74, 6) is 2.56. The van der Waals surface area contributed by atoms with Crippen molar-refractivity contribution in [2.45, 2.75) is 312 Å². The van der Waals surface area contributed by atoms with E-state index in [1.165, 1.54) is 180 Å². The number of imidazole rings is 2. The molecule has 4 heterocycles. The van der Waals surface area contributed by atoms with Gasteiger partial charge in [0.05, 0.1) is 18.1 Å². The van der Waals surface area contributed by atoms with Gasteiger partial charge in [0, 0.05) is 78.5 Å². The summed E-state index contributed by atoms with van der Waals surface area (Å²) >= 11 is 0. The average Bonchev–Trinajstić information content (AvgIpc) is 1.56. The highest BCUT2D eigenvalue weighted by Gasteiger charge is 2.27. The van der Waals surface area contributed by atoms with Gasteiger partial charge < -0.3 is 56.7 Å². The average molecular weight is 1560 g/mol. The third-order valence-electron chi connectivity index (χ3n) is 21.8. The first-order chi connectivity index (χ1) is 53.5. The number of nitrogens with one attached hydrogen (secondary N) is 3. The van der Waals surface area contributed by atoms with Gasteiger partial charge >= 0.3 is 0 Å². The second kappa shape index (κ2) is 51.0. The summed E-state index contributed by atoms with van der Waals surface area (Å²) in [6.07, 6.45) is 51.2. The van der Waals surface area contributed by atoms with Crippen LogP contribution in [0.25, 0.3) is 43.9 Å². The molecule has 9 N–H and O–H groups in total. The molecule has 0 aliphatic rings. The molecule has 0 atom stereocenters. The van der Waals surface area contributed by atoms with Crippen LogP contribution in [0.3, 0.4) is 0 Å². The molecule has 110 heavy (non-hydrogen) atoms. The molecule has 0 bridgehead atoms. The van der Waals surface area contributed by atoms with E-state index in [4.69, 9.17) is 41.6 Å². The van der Waals surface area contributed by atoms with E-state index in [0.29, 0.717) is 103 Å². The minimum Gasteiger partial charge on any atom is -0.491 e. The minimum atomic E-state index is -2.49. The molecule has 0 radical (unpaired) electrons. The Kier molecular flexibility index (Phi) is 42.7. The number of methoxy groups -OCH3 is 1. The van der Waals surface area contributed by atoms with Crippen molar-refractivity contribution in [3.63, 3.8) is 0 Å². The van der Waals surface area contributed by atoms with Crippen LogP contribution in [0.2, 0.25) is 0 Å². The first-order valence-corrected chi connectivity index (χ1v) is 47.4. The van der Waals surface area contributed by atoms with Crippen molar-refractivity contribution in [3.05, 3.63) is 88.9 Å². The third-order valence-corrected chi connectivity index (χ3v) is 28.3. The number of nitrogens with zero attached hydrogens (tertiary/aromatic N) is 6. The van der Waals surface area contributed by atoms with E-state index in [1.807, 2.05) is 73.6 Å². The normalized spacial score (nSPS) is 11.8. The fourth-order valence-electron chi connectivity index (χ4n) is 14.5. The van der Waals surface area contributed by atoms with Crippen LogP contribution in [-0.4, -0.2) is 101 Å². The highest BCUT2D eigenvalue weighted by molar-refractivity contribution is 7.71. The van der Waals surface area contributed by atoms with Crippen molar-refractivity contribution < 1.29 is 23.5 Å². The van der Waals surface area contributed by atoms with Gasteiger partial charge in [-0.05, 0) is 82.2 Å². The number of pyridine rings is 2. The maximum absolute atomic E-state index is 13.5. The number of anilines is 5. The van der Waals surface area contributed by atoms with Crippen LogP contribution in [0.4, 0.5) is 28.7 Å².